The van der Waals surface area contributed by atoms with E-state index in [-0.39, 0.29) is 34.5 Å². The monoisotopic (exact) mass is 603 g/mol. The number of carboxylic acid groups (broad SMARTS) is 2. The number of fused-ring (bicyclic) bond motifs is 2. The highest BCUT2D eigenvalue weighted by Crippen LogP contribution is 2.38. The Morgan fingerprint density at radius 3 is 1.95 bits per heavy atom. The minimum atomic E-state index is -1.35. The zero-order valence-electron chi connectivity index (χ0n) is 23.8. The molecule has 0 unspecified atom stereocenters. The van der Waals surface area contributed by atoms with Gasteiger partial charge in [0.25, 0.3) is 0 Å². The van der Waals surface area contributed by atoms with E-state index in [2.05, 4.69) is 14.9 Å². The molecule has 1 saturated heterocycles. The summed E-state index contributed by atoms with van der Waals surface area (Å²) in [4.78, 5) is 70.7. The normalized spacial score (nSPS) is 16.9. The number of aromatic nitrogens is 4. The van der Waals surface area contributed by atoms with Crippen LogP contribution in [0.5, 0.6) is 0 Å². The molecule has 4 aromatic rings. The van der Waals surface area contributed by atoms with E-state index in [1.165, 1.54) is 18.5 Å². The van der Waals surface area contributed by atoms with Crippen molar-refractivity contribution in [3.05, 3.63) is 78.5 Å². The molecule has 3 fully saturated rings. The summed E-state index contributed by atoms with van der Waals surface area (Å²) in [6.45, 7) is 2.70. The minimum absolute atomic E-state index is 0.0219. The van der Waals surface area contributed by atoms with Crippen molar-refractivity contribution in [1.82, 2.24) is 24.0 Å². The van der Waals surface area contributed by atoms with E-state index in [9.17, 15) is 34.4 Å². The summed E-state index contributed by atoms with van der Waals surface area (Å²) in [5.74, 6) is -2.30. The van der Waals surface area contributed by atoms with Crippen molar-refractivity contribution in [2.24, 2.45) is 0 Å². The lowest BCUT2D eigenvalue weighted by Gasteiger charge is -2.33. The van der Waals surface area contributed by atoms with Crippen LogP contribution in [0.4, 0.5) is 11.5 Å². The number of nitrogens with zero attached hydrogens (tertiary/aromatic N) is 7. The number of piperazine rings is 1. The van der Waals surface area contributed by atoms with Gasteiger partial charge in [0, 0.05) is 62.9 Å². The Hall–Kier alpha value is -5.18. The second kappa shape index (κ2) is 11.1. The van der Waals surface area contributed by atoms with Gasteiger partial charge in [-0.05, 0) is 44.9 Å². The van der Waals surface area contributed by atoms with Gasteiger partial charge in [-0.2, -0.15) is 0 Å². The average molecular weight is 604 g/mol. The van der Waals surface area contributed by atoms with Gasteiger partial charge in [0.2, 0.25) is 16.7 Å². The van der Waals surface area contributed by atoms with Gasteiger partial charge in [0.15, 0.2) is 0 Å². The third kappa shape index (κ3) is 5.37. The first-order valence-corrected chi connectivity index (χ1v) is 14.2. The van der Waals surface area contributed by atoms with Crippen molar-refractivity contribution >= 4 is 45.5 Å². The Morgan fingerprint density at radius 2 is 1.43 bits per heavy atom. The lowest BCUT2D eigenvalue weighted by Crippen LogP contribution is -2.45. The number of aromatic carboxylic acids is 2. The zero-order chi connectivity index (χ0) is 31.3. The van der Waals surface area contributed by atoms with Crippen LogP contribution in [0, 0.1) is 10.1 Å². The maximum atomic E-state index is 12.6. The van der Waals surface area contributed by atoms with Crippen LogP contribution in [0.1, 0.15) is 58.5 Å². The molecular weight excluding hydrogens is 574 g/mol. The molecule has 4 aromatic heterocycles. The number of pyridine rings is 4. The SMILES string of the molecule is CN1CCN(c2nc3c(cc2[N+](=O)[O-])c(=O)c(C(=O)O)cn3C2CC2)CC1.O=C(O)c1cn(C2CC2)c2ncccc2c1=O. The van der Waals surface area contributed by atoms with Crippen LogP contribution < -0.4 is 15.8 Å². The molecule has 0 bridgehead atoms. The summed E-state index contributed by atoms with van der Waals surface area (Å²) in [5, 5.41) is 30.3. The summed E-state index contributed by atoms with van der Waals surface area (Å²) in [6, 6.07) is 4.80. The fraction of sp³-hybridized carbons (Fsp3) is 0.379. The van der Waals surface area contributed by atoms with Crippen molar-refractivity contribution < 1.29 is 24.7 Å². The van der Waals surface area contributed by atoms with Crippen molar-refractivity contribution in [1.29, 1.82) is 0 Å². The molecule has 7 rings (SSSR count). The maximum Gasteiger partial charge on any atom is 0.341 e. The highest BCUT2D eigenvalue weighted by Gasteiger charge is 2.32. The first-order valence-electron chi connectivity index (χ1n) is 14.2. The third-order valence-corrected chi connectivity index (χ3v) is 8.09. The highest BCUT2D eigenvalue weighted by molar-refractivity contribution is 5.93. The van der Waals surface area contributed by atoms with E-state index in [0.717, 1.165) is 38.8 Å². The summed E-state index contributed by atoms with van der Waals surface area (Å²) in [5.41, 5.74) is -1.16. The lowest BCUT2D eigenvalue weighted by atomic mass is 10.1. The van der Waals surface area contributed by atoms with Crippen LogP contribution in [0.2, 0.25) is 0 Å². The van der Waals surface area contributed by atoms with Gasteiger partial charge >= 0.3 is 17.6 Å². The molecule has 0 spiro atoms. The van der Waals surface area contributed by atoms with Crippen LogP contribution in [-0.4, -0.2) is 84.3 Å². The van der Waals surface area contributed by atoms with Gasteiger partial charge in [0.05, 0.1) is 15.7 Å². The first kappa shape index (κ1) is 28.9. The molecule has 44 heavy (non-hydrogen) atoms. The molecule has 3 aliphatic rings. The van der Waals surface area contributed by atoms with Crippen LogP contribution in [0.3, 0.4) is 0 Å². The Morgan fingerprint density at radius 1 is 0.886 bits per heavy atom. The van der Waals surface area contributed by atoms with Crippen molar-refractivity contribution in [3.8, 4) is 0 Å². The van der Waals surface area contributed by atoms with Crippen LogP contribution >= 0.6 is 0 Å². The third-order valence-electron chi connectivity index (χ3n) is 8.09. The summed E-state index contributed by atoms with van der Waals surface area (Å²) < 4.78 is 3.49. The smallest absolute Gasteiger partial charge is 0.341 e. The fourth-order valence-electron chi connectivity index (χ4n) is 5.39. The molecule has 0 radical (unpaired) electrons. The number of nitro groups is 1. The topological polar surface area (TPSA) is 194 Å². The number of hydrogen-bond acceptors (Lipinski definition) is 10. The Kier molecular flexibility index (Phi) is 7.33. The summed E-state index contributed by atoms with van der Waals surface area (Å²) >= 11 is 0. The average Bonchev–Trinajstić information content (AvgIpc) is 3.92. The molecule has 15 nitrogen and oxygen atoms in total. The Bertz CT molecular complexity index is 1950. The molecule has 15 heteroatoms. The fourth-order valence-corrected chi connectivity index (χ4v) is 5.39. The van der Waals surface area contributed by atoms with Gasteiger partial charge in [0.1, 0.15) is 22.4 Å². The minimum Gasteiger partial charge on any atom is -0.477 e. The second-order valence-electron chi connectivity index (χ2n) is 11.3. The van der Waals surface area contributed by atoms with E-state index in [1.54, 1.807) is 27.5 Å². The summed E-state index contributed by atoms with van der Waals surface area (Å²) in [6.07, 6.45) is 8.08. The molecule has 228 valence electrons. The Balaban J connectivity index is 0.000000173. The van der Waals surface area contributed by atoms with E-state index >= 15 is 0 Å². The quantitative estimate of drug-likeness (QED) is 0.242. The van der Waals surface area contributed by atoms with Crippen molar-refractivity contribution in [2.75, 3.05) is 38.1 Å². The van der Waals surface area contributed by atoms with E-state index < -0.39 is 33.3 Å². The van der Waals surface area contributed by atoms with Crippen LogP contribution in [-0.2, 0) is 0 Å². The van der Waals surface area contributed by atoms with Gasteiger partial charge in [-0.15, -0.1) is 0 Å². The maximum absolute atomic E-state index is 12.6. The van der Waals surface area contributed by atoms with Gasteiger partial charge < -0.3 is 29.1 Å². The Labute approximate surface area is 248 Å². The molecule has 2 saturated carbocycles. The molecular formula is C29H29N7O8. The standard InChI is InChI=1S/C17H19N5O5.C12H10N2O3/c1-19-4-6-20(7-5-19)16-13(22(26)27)8-11-14(23)12(17(24)25)9-21(10-2-3-10)15(11)18-16;15-10-8-2-1-5-13-11(8)14(7-3-4-7)6-9(10)12(16)17/h8-10H,2-7H2,1H3,(H,24,25);1-2,5-7H,3-4H2,(H,16,17). The molecule has 0 atom stereocenters. The summed E-state index contributed by atoms with van der Waals surface area (Å²) in [7, 11) is 1.98. The van der Waals surface area contributed by atoms with Crippen LogP contribution in [0.15, 0.2) is 46.4 Å². The molecule has 0 aromatic carbocycles. The lowest BCUT2D eigenvalue weighted by molar-refractivity contribution is -0.384. The van der Waals surface area contributed by atoms with Gasteiger partial charge in [-0.3, -0.25) is 19.7 Å². The number of hydrogen-bond donors (Lipinski definition) is 2. The van der Waals surface area contributed by atoms with Crippen molar-refractivity contribution in [2.45, 2.75) is 37.8 Å². The van der Waals surface area contributed by atoms with E-state index in [1.807, 2.05) is 11.9 Å². The number of likely N-dealkylation sites (N-methyl/N-ethyl adjacent to an activating group) is 1. The second-order valence-corrected chi connectivity index (χ2v) is 11.3. The molecule has 1 aliphatic heterocycles. The van der Waals surface area contributed by atoms with E-state index in [0.29, 0.717) is 29.8 Å². The molecule has 2 N–H and O–H groups in total. The predicted molar refractivity (Wildman–Crippen MR) is 159 cm³/mol. The molecule has 0 amide bonds. The number of anilines is 1. The number of carbonyl (C=O) groups is 2. The van der Waals surface area contributed by atoms with Gasteiger partial charge in [-0.1, -0.05) is 0 Å². The predicted octanol–water partition coefficient (Wildman–Crippen LogP) is 2.52. The molecule has 2 aliphatic carbocycles. The first-order chi connectivity index (χ1) is 21.0. The highest BCUT2D eigenvalue weighted by atomic mass is 16.6. The van der Waals surface area contributed by atoms with Crippen molar-refractivity contribution in [3.63, 3.8) is 0 Å². The number of rotatable bonds is 6. The molecule has 5 heterocycles. The van der Waals surface area contributed by atoms with E-state index in [4.69, 9.17) is 5.11 Å². The largest absolute Gasteiger partial charge is 0.477 e. The van der Waals surface area contributed by atoms with Crippen LogP contribution in [0.25, 0.3) is 22.1 Å². The zero-order valence-corrected chi connectivity index (χ0v) is 23.8. The number of carboxylic acids is 2. The van der Waals surface area contributed by atoms with Gasteiger partial charge in [-0.25, -0.2) is 19.6 Å².